The van der Waals surface area contributed by atoms with Crippen LogP contribution in [-0.4, -0.2) is 11.6 Å². The molecule has 0 aromatic rings. The smallest absolute Gasteiger partial charge is 0.323 e. The summed E-state index contributed by atoms with van der Waals surface area (Å²) in [6.45, 7) is 24.3. The van der Waals surface area contributed by atoms with Gasteiger partial charge in [0.15, 0.2) is 0 Å². The number of esters is 1. The number of carbonyl (C=O) groups is 1. The van der Waals surface area contributed by atoms with Crippen molar-refractivity contribution in [2.75, 3.05) is 0 Å². The highest BCUT2D eigenvalue weighted by Gasteiger charge is 2.85. The van der Waals surface area contributed by atoms with Crippen LogP contribution in [0.25, 0.3) is 0 Å². The predicted octanol–water partition coefficient (Wildman–Crippen LogP) is 6.11. The average Bonchev–Trinajstić information content (AvgIpc) is 2.41. The minimum atomic E-state index is -1.21. The fourth-order valence-corrected chi connectivity index (χ4v) is 5.80. The van der Waals surface area contributed by atoms with E-state index in [1.165, 1.54) is 0 Å². The van der Waals surface area contributed by atoms with Crippen LogP contribution >= 0.6 is 0 Å². The molecule has 0 heterocycles. The summed E-state index contributed by atoms with van der Waals surface area (Å²) in [4.78, 5) is 13.9. The van der Waals surface area contributed by atoms with Crippen molar-refractivity contribution < 1.29 is 9.53 Å². The first-order valence-corrected chi connectivity index (χ1v) is 10.3. The minimum Gasteiger partial charge on any atom is -0.459 e. The van der Waals surface area contributed by atoms with Crippen LogP contribution in [0.2, 0.25) is 0 Å². The molecule has 0 saturated carbocycles. The number of rotatable bonds is 1. The zero-order chi connectivity index (χ0) is 23.0. The zero-order valence-corrected chi connectivity index (χ0v) is 20.2. The van der Waals surface area contributed by atoms with Gasteiger partial charge in [0.1, 0.15) is 11.0 Å². The van der Waals surface area contributed by atoms with Crippen LogP contribution < -0.4 is 0 Å². The number of fused-ring (bicyclic) bond motifs is 1. The Morgan fingerprint density at radius 1 is 0.759 bits per heavy atom. The Hall–Kier alpha value is -2.07. The highest BCUT2D eigenvalue weighted by atomic mass is 16.6. The van der Waals surface area contributed by atoms with Crippen LogP contribution in [0.4, 0.5) is 0 Å². The lowest BCUT2D eigenvalue weighted by atomic mass is 9.24. The first-order valence-electron chi connectivity index (χ1n) is 10.3. The number of ether oxygens (including phenoxy) is 1. The molecule has 2 aliphatic rings. The summed E-state index contributed by atoms with van der Waals surface area (Å²) in [5.41, 5.74) is -1.10. The lowest BCUT2D eigenvalue weighted by Crippen LogP contribution is -2.74. The summed E-state index contributed by atoms with van der Waals surface area (Å²) < 4.78 is 5.93. The summed E-state index contributed by atoms with van der Waals surface area (Å²) in [5, 5.41) is 20.2. The van der Waals surface area contributed by atoms with E-state index in [1.54, 1.807) is 0 Å². The van der Waals surface area contributed by atoms with Gasteiger partial charge in [-0.3, -0.25) is 4.79 Å². The maximum Gasteiger partial charge on any atom is 0.323 e. The second-order valence-electron chi connectivity index (χ2n) is 12.5. The van der Waals surface area contributed by atoms with Gasteiger partial charge in [0.2, 0.25) is 0 Å². The van der Waals surface area contributed by atoms with E-state index in [0.717, 1.165) is 11.1 Å². The first-order chi connectivity index (χ1) is 12.8. The molecule has 0 bridgehead atoms. The van der Waals surface area contributed by atoms with E-state index in [1.807, 2.05) is 20.8 Å². The van der Waals surface area contributed by atoms with Crippen LogP contribution in [0.5, 0.6) is 0 Å². The second kappa shape index (κ2) is 5.98. The number of allylic oxidation sites excluding steroid dienone is 2. The maximum absolute atomic E-state index is 13.9. The molecule has 0 saturated heterocycles. The van der Waals surface area contributed by atoms with E-state index in [2.05, 4.69) is 74.5 Å². The number of nitriles is 2. The summed E-state index contributed by atoms with van der Waals surface area (Å²) in [6, 6.07) is 4.55. The van der Waals surface area contributed by atoms with Gasteiger partial charge in [0.25, 0.3) is 0 Å². The second-order valence-corrected chi connectivity index (χ2v) is 12.5. The van der Waals surface area contributed by atoms with Crippen LogP contribution in [0.15, 0.2) is 22.3 Å². The van der Waals surface area contributed by atoms with Crippen LogP contribution in [-0.2, 0) is 9.53 Å². The molecule has 2 aliphatic carbocycles. The van der Waals surface area contributed by atoms with Crippen molar-refractivity contribution in [3.63, 3.8) is 0 Å². The Balaban J connectivity index is 3.11. The highest BCUT2D eigenvalue weighted by molar-refractivity contribution is 5.99. The largest absolute Gasteiger partial charge is 0.459 e. The molecule has 0 amide bonds. The van der Waals surface area contributed by atoms with E-state index < -0.39 is 27.8 Å². The Kier molecular flexibility index (Phi) is 4.78. The summed E-state index contributed by atoms with van der Waals surface area (Å²) in [7, 11) is 0. The third-order valence-electron chi connectivity index (χ3n) is 6.12. The Bertz CT molecular complexity index is 909. The van der Waals surface area contributed by atoms with E-state index in [4.69, 9.17) is 4.74 Å². The topological polar surface area (TPSA) is 73.9 Å². The Morgan fingerprint density at radius 3 is 1.45 bits per heavy atom. The molecule has 2 atom stereocenters. The maximum atomic E-state index is 13.9. The molecule has 158 valence electrons. The molecule has 0 unspecified atom stereocenters. The SMILES string of the molecule is CC(C)(C)OC(=O)[C@@]12C(C#N)=C(C#N)[C@]1(C(C)(C)C)C(C(C)(C)C)=C2C(C)(C)C. The molecule has 0 N–H and O–H groups in total. The molecule has 4 heteroatoms. The summed E-state index contributed by atoms with van der Waals surface area (Å²) in [5.74, 6) is -0.409. The average molecular weight is 397 g/mol. The van der Waals surface area contributed by atoms with Gasteiger partial charge in [-0.05, 0) is 48.2 Å². The lowest BCUT2D eigenvalue weighted by molar-refractivity contribution is -0.182. The third kappa shape index (κ3) is 2.64. The van der Waals surface area contributed by atoms with Crippen molar-refractivity contribution in [2.45, 2.75) is 88.7 Å². The lowest BCUT2D eigenvalue weighted by Gasteiger charge is -2.74. The third-order valence-corrected chi connectivity index (χ3v) is 6.12. The Labute approximate surface area is 176 Å². The molecule has 0 aromatic carbocycles. The highest BCUT2D eigenvalue weighted by Crippen LogP contribution is 2.85. The normalized spacial score (nSPS) is 27.4. The van der Waals surface area contributed by atoms with E-state index in [9.17, 15) is 15.3 Å². The Morgan fingerprint density at radius 2 is 1.17 bits per heavy atom. The van der Waals surface area contributed by atoms with Gasteiger partial charge in [-0.15, -0.1) is 0 Å². The minimum absolute atomic E-state index is 0.266. The standard InChI is InChI=1S/C25H36N2O2/c1-20(2,3)17-18(21(4,5)6)25(22(7,8)9)16(14-27)15(13-26)24(17,25)19(28)29-23(10,11)12/h1-12H3/t24-,25+/m0/s1. The van der Waals surface area contributed by atoms with Crippen molar-refractivity contribution >= 4 is 5.97 Å². The van der Waals surface area contributed by atoms with Gasteiger partial charge in [0.05, 0.1) is 28.7 Å². The van der Waals surface area contributed by atoms with Gasteiger partial charge >= 0.3 is 5.97 Å². The molecule has 2 rings (SSSR count). The van der Waals surface area contributed by atoms with Gasteiger partial charge in [-0.1, -0.05) is 62.3 Å². The molecular formula is C25H36N2O2. The molecule has 0 aromatic heterocycles. The van der Waals surface area contributed by atoms with E-state index in [-0.39, 0.29) is 16.4 Å². The number of hydrogen-bond donors (Lipinski definition) is 0. The van der Waals surface area contributed by atoms with Crippen molar-refractivity contribution in [3.8, 4) is 12.1 Å². The van der Waals surface area contributed by atoms with Crippen molar-refractivity contribution in [2.24, 2.45) is 27.1 Å². The monoisotopic (exact) mass is 396 g/mol. The van der Waals surface area contributed by atoms with E-state index in [0.29, 0.717) is 5.57 Å². The van der Waals surface area contributed by atoms with Crippen LogP contribution in [0, 0.1) is 49.7 Å². The van der Waals surface area contributed by atoms with Crippen LogP contribution in [0.1, 0.15) is 83.1 Å². The number of carbonyl (C=O) groups excluding carboxylic acids is 1. The molecule has 4 nitrogen and oxygen atoms in total. The molecule has 29 heavy (non-hydrogen) atoms. The molecule has 0 spiro atoms. The zero-order valence-electron chi connectivity index (χ0n) is 20.2. The molecule has 0 aliphatic heterocycles. The van der Waals surface area contributed by atoms with Crippen LogP contribution in [0.3, 0.4) is 0 Å². The van der Waals surface area contributed by atoms with Gasteiger partial charge in [-0.25, -0.2) is 0 Å². The van der Waals surface area contributed by atoms with Crippen molar-refractivity contribution in [1.29, 1.82) is 10.5 Å². The van der Waals surface area contributed by atoms with E-state index >= 15 is 0 Å². The van der Waals surface area contributed by atoms with Gasteiger partial charge in [-0.2, -0.15) is 10.5 Å². The molecular weight excluding hydrogens is 360 g/mol. The fraction of sp³-hybridized carbons (Fsp3) is 0.720. The number of nitrogens with zero attached hydrogens (tertiary/aromatic N) is 2. The van der Waals surface area contributed by atoms with Crippen molar-refractivity contribution in [3.05, 3.63) is 22.3 Å². The van der Waals surface area contributed by atoms with Gasteiger partial charge in [0, 0.05) is 0 Å². The number of hydrogen-bond acceptors (Lipinski definition) is 4. The van der Waals surface area contributed by atoms with Gasteiger partial charge < -0.3 is 4.74 Å². The molecule has 0 radical (unpaired) electrons. The molecule has 0 fully saturated rings. The van der Waals surface area contributed by atoms with Crippen molar-refractivity contribution in [1.82, 2.24) is 0 Å². The summed E-state index contributed by atoms with van der Waals surface area (Å²) in [6.07, 6.45) is 0. The quantitative estimate of drug-likeness (QED) is 0.396. The predicted molar refractivity (Wildman–Crippen MR) is 114 cm³/mol. The fourth-order valence-electron chi connectivity index (χ4n) is 5.80. The summed E-state index contributed by atoms with van der Waals surface area (Å²) >= 11 is 0. The first kappa shape index (κ1) is 23.2.